The van der Waals surface area contributed by atoms with Gasteiger partial charge in [0.15, 0.2) is 0 Å². The Hall–Kier alpha value is -2.71. The van der Waals surface area contributed by atoms with Crippen LogP contribution in [0.4, 0.5) is 5.69 Å². The predicted molar refractivity (Wildman–Crippen MR) is 107 cm³/mol. The minimum absolute atomic E-state index is 0.0258. The Labute approximate surface area is 167 Å². The average molecular weight is 398 g/mol. The molecule has 1 aliphatic rings. The summed E-state index contributed by atoms with van der Waals surface area (Å²) >= 11 is 1.56. The van der Waals surface area contributed by atoms with Crippen molar-refractivity contribution < 1.29 is 14.4 Å². The fourth-order valence-electron chi connectivity index (χ4n) is 3.27. The van der Waals surface area contributed by atoms with Gasteiger partial charge in [0, 0.05) is 30.9 Å². The van der Waals surface area contributed by atoms with Crippen LogP contribution in [0, 0.1) is 5.92 Å². The van der Waals surface area contributed by atoms with Gasteiger partial charge in [-0.1, -0.05) is 17.3 Å². The molecule has 4 rings (SSSR count). The highest BCUT2D eigenvalue weighted by Gasteiger charge is 2.23. The molecule has 1 amide bonds. The molecular weight excluding hydrogens is 376 g/mol. The number of amides is 1. The van der Waals surface area contributed by atoms with E-state index in [9.17, 15) is 9.90 Å². The lowest BCUT2D eigenvalue weighted by Crippen LogP contribution is -2.39. The molecule has 0 bridgehead atoms. The molecule has 0 atom stereocenters. The van der Waals surface area contributed by atoms with Crippen LogP contribution in [0.3, 0.4) is 0 Å². The predicted octanol–water partition coefficient (Wildman–Crippen LogP) is 3.25. The molecule has 1 aliphatic heterocycles. The summed E-state index contributed by atoms with van der Waals surface area (Å²) in [6, 6.07) is 11.3. The topological polar surface area (TPSA) is 91.5 Å². The Kier molecular flexibility index (Phi) is 5.68. The second-order valence-corrected chi connectivity index (χ2v) is 7.79. The number of likely N-dealkylation sites (tertiary alicyclic amines) is 1. The molecule has 0 aliphatic carbocycles. The van der Waals surface area contributed by atoms with Gasteiger partial charge in [-0.3, -0.25) is 4.79 Å². The van der Waals surface area contributed by atoms with Gasteiger partial charge in [0.2, 0.25) is 11.7 Å². The number of thiophene rings is 1. The van der Waals surface area contributed by atoms with Crippen molar-refractivity contribution >= 4 is 22.9 Å². The monoisotopic (exact) mass is 398 g/mol. The van der Waals surface area contributed by atoms with E-state index in [0.29, 0.717) is 42.8 Å². The zero-order valence-corrected chi connectivity index (χ0v) is 16.2. The molecule has 2 N–H and O–H groups in total. The Morgan fingerprint density at radius 3 is 2.89 bits per heavy atom. The second kappa shape index (κ2) is 8.53. The number of aliphatic hydroxyl groups excluding tert-OH is 1. The molecule has 1 fully saturated rings. The molecule has 0 unspecified atom stereocenters. The van der Waals surface area contributed by atoms with E-state index in [1.54, 1.807) is 11.3 Å². The van der Waals surface area contributed by atoms with Gasteiger partial charge in [-0.15, -0.1) is 11.3 Å². The standard InChI is InChI=1S/C20H22N4O3S/c25-13-14-6-8-24(9-7-14)20(26)15-3-1-4-16(11-15)21-12-18-22-19(23-27-18)17-5-2-10-28-17/h1-5,10-11,14,21,25H,6-9,12-13H2. The first kappa shape index (κ1) is 18.6. The van der Waals surface area contributed by atoms with Crippen molar-refractivity contribution in [1.82, 2.24) is 15.0 Å². The molecule has 3 aromatic rings. The maximum absolute atomic E-state index is 12.8. The smallest absolute Gasteiger partial charge is 0.253 e. The average Bonchev–Trinajstić information content (AvgIpc) is 3.44. The van der Waals surface area contributed by atoms with Gasteiger partial charge >= 0.3 is 0 Å². The Balaban J connectivity index is 1.37. The Morgan fingerprint density at radius 2 is 2.14 bits per heavy atom. The van der Waals surface area contributed by atoms with E-state index in [1.165, 1.54) is 0 Å². The minimum atomic E-state index is 0.0258. The molecule has 1 saturated heterocycles. The summed E-state index contributed by atoms with van der Waals surface area (Å²) in [4.78, 5) is 20.0. The van der Waals surface area contributed by atoms with Gasteiger partial charge < -0.3 is 19.8 Å². The van der Waals surface area contributed by atoms with E-state index in [1.807, 2.05) is 46.7 Å². The highest BCUT2D eigenvalue weighted by Crippen LogP contribution is 2.22. The van der Waals surface area contributed by atoms with Crippen LogP contribution in [0.25, 0.3) is 10.7 Å². The first-order chi connectivity index (χ1) is 13.7. The molecule has 8 heteroatoms. The molecule has 1 aromatic carbocycles. The quantitative estimate of drug-likeness (QED) is 0.662. The van der Waals surface area contributed by atoms with Crippen molar-refractivity contribution in [2.45, 2.75) is 19.4 Å². The highest BCUT2D eigenvalue weighted by molar-refractivity contribution is 7.13. The largest absolute Gasteiger partial charge is 0.396 e. The fourth-order valence-corrected chi connectivity index (χ4v) is 3.92. The van der Waals surface area contributed by atoms with Crippen LogP contribution in [-0.2, 0) is 6.54 Å². The number of aromatic nitrogens is 2. The zero-order valence-electron chi connectivity index (χ0n) is 15.4. The number of piperidine rings is 1. The zero-order chi connectivity index (χ0) is 19.3. The van der Waals surface area contributed by atoms with Crippen molar-refractivity contribution in [2.75, 3.05) is 25.0 Å². The Morgan fingerprint density at radius 1 is 1.29 bits per heavy atom. The molecule has 2 aromatic heterocycles. The van der Waals surface area contributed by atoms with Crippen LogP contribution < -0.4 is 5.32 Å². The number of carbonyl (C=O) groups excluding carboxylic acids is 1. The molecule has 7 nitrogen and oxygen atoms in total. The first-order valence-corrected chi connectivity index (χ1v) is 10.2. The third-order valence-electron chi connectivity index (χ3n) is 4.92. The van der Waals surface area contributed by atoms with Gasteiger partial charge in [0.05, 0.1) is 11.4 Å². The van der Waals surface area contributed by atoms with Crippen LogP contribution in [0.5, 0.6) is 0 Å². The summed E-state index contributed by atoms with van der Waals surface area (Å²) in [7, 11) is 0. The molecule has 146 valence electrons. The minimum Gasteiger partial charge on any atom is -0.396 e. The summed E-state index contributed by atoms with van der Waals surface area (Å²) < 4.78 is 5.29. The number of nitrogens with zero attached hydrogens (tertiary/aromatic N) is 3. The summed E-state index contributed by atoms with van der Waals surface area (Å²) in [5, 5.41) is 18.5. The van der Waals surface area contributed by atoms with Gasteiger partial charge in [-0.25, -0.2) is 0 Å². The normalized spacial score (nSPS) is 15.0. The fraction of sp³-hybridized carbons (Fsp3) is 0.350. The van der Waals surface area contributed by atoms with Crippen molar-refractivity contribution in [3.8, 4) is 10.7 Å². The van der Waals surface area contributed by atoms with Gasteiger partial charge in [0.1, 0.15) is 0 Å². The number of aliphatic hydroxyl groups is 1. The third kappa shape index (κ3) is 4.23. The van der Waals surface area contributed by atoms with Crippen molar-refractivity contribution in [2.24, 2.45) is 5.92 Å². The third-order valence-corrected chi connectivity index (χ3v) is 5.79. The number of benzene rings is 1. The van der Waals surface area contributed by atoms with Crippen molar-refractivity contribution in [3.05, 3.63) is 53.2 Å². The van der Waals surface area contributed by atoms with Crippen LogP contribution in [-0.4, -0.2) is 45.8 Å². The van der Waals surface area contributed by atoms with Crippen molar-refractivity contribution in [1.29, 1.82) is 0 Å². The summed E-state index contributed by atoms with van der Waals surface area (Å²) in [5.74, 6) is 1.41. The van der Waals surface area contributed by atoms with E-state index in [-0.39, 0.29) is 12.5 Å². The van der Waals surface area contributed by atoms with E-state index in [2.05, 4.69) is 15.5 Å². The van der Waals surface area contributed by atoms with E-state index >= 15 is 0 Å². The first-order valence-electron chi connectivity index (χ1n) is 9.33. The number of rotatable bonds is 6. The molecule has 0 saturated carbocycles. The van der Waals surface area contributed by atoms with Crippen LogP contribution in [0.15, 0.2) is 46.3 Å². The summed E-state index contributed by atoms with van der Waals surface area (Å²) in [6.07, 6.45) is 1.70. The van der Waals surface area contributed by atoms with E-state index < -0.39 is 0 Å². The lowest BCUT2D eigenvalue weighted by atomic mass is 9.97. The van der Waals surface area contributed by atoms with Crippen LogP contribution in [0.1, 0.15) is 29.1 Å². The number of hydrogen-bond acceptors (Lipinski definition) is 7. The maximum Gasteiger partial charge on any atom is 0.253 e. The highest BCUT2D eigenvalue weighted by atomic mass is 32.1. The molecular formula is C20H22N4O3S. The van der Waals surface area contributed by atoms with Gasteiger partial charge in [0.25, 0.3) is 5.91 Å². The maximum atomic E-state index is 12.8. The summed E-state index contributed by atoms with van der Waals surface area (Å²) in [6.45, 7) is 1.97. The van der Waals surface area contributed by atoms with Crippen LogP contribution in [0.2, 0.25) is 0 Å². The summed E-state index contributed by atoms with van der Waals surface area (Å²) in [5.41, 5.74) is 1.48. The van der Waals surface area contributed by atoms with Gasteiger partial charge in [-0.2, -0.15) is 4.98 Å². The lowest BCUT2D eigenvalue weighted by Gasteiger charge is -2.31. The number of nitrogens with one attached hydrogen (secondary N) is 1. The lowest BCUT2D eigenvalue weighted by molar-refractivity contribution is 0.0651. The molecule has 28 heavy (non-hydrogen) atoms. The van der Waals surface area contributed by atoms with Crippen LogP contribution >= 0.6 is 11.3 Å². The SMILES string of the molecule is O=C(c1cccc(NCc2nc(-c3cccs3)no2)c1)N1CCC(CO)CC1. The Bertz CT molecular complexity index is 917. The van der Waals surface area contributed by atoms with E-state index in [4.69, 9.17) is 4.52 Å². The molecule has 0 spiro atoms. The van der Waals surface area contributed by atoms with Gasteiger partial charge in [-0.05, 0) is 48.4 Å². The number of carbonyl (C=O) groups is 1. The van der Waals surface area contributed by atoms with E-state index in [0.717, 1.165) is 23.4 Å². The number of anilines is 1. The second-order valence-electron chi connectivity index (χ2n) is 6.84. The van der Waals surface area contributed by atoms with Crippen molar-refractivity contribution in [3.63, 3.8) is 0 Å². The number of hydrogen-bond donors (Lipinski definition) is 2. The molecule has 0 radical (unpaired) electrons. The molecule has 3 heterocycles.